The molecule has 1 aromatic carbocycles. The molecule has 1 atom stereocenters. The van der Waals surface area contributed by atoms with Gasteiger partial charge in [-0.05, 0) is 30.0 Å². The van der Waals surface area contributed by atoms with Crippen LogP contribution in [0.15, 0.2) is 29.2 Å². The van der Waals surface area contributed by atoms with E-state index in [-0.39, 0.29) is 30.8 Å². The molecule has 0 heterocycles. The summed E-state index contributed by atoms with van der Waals surface area (Å²) < 4.78 is 47.6. The van der Waals surface area contributed by atoms with Crippen molar-refractivity contribution in [3.63, 3.8) is 0 Å². The Morgan fingerprint density at radius 2 is 1.72 bits per heavy atom. The lowest BCUT2D eigenvalue weighted by Gasteiger charge is -2.21. The van der Waals surface area contributed by atoms with Crippen molar-refractivity contribution in [2.24, 2.45) is 11.7 Å². The van der Waals surface area contributed by atoms with Crippen molar-refractivity contribution in [2.45, 2.75) is 43.4 Å². The third kappa shape index (κ3) is 6.87. The highest BCUT2D eigenvalue weighted by Crippen LogP contribution is 2.19. The number of sulfone groups is 1. The smallest absolute Gasteiger partial charge is 0.341 e. The predicted octanol–water partition coefficient (Wildman–Crippen LogP) is 2.48. The van der Waals surface area contributed by atoms with Crippen molar-refractivity contribution < 1.29 is 22.0 Å². The summed E-state index contributed by atoms with van der Waals surface area (Å²) in [6.45, 7) is 4.55. The molecule has 25 heavy (non-hydrogen) atoms. The zero-order valence-corrected chi connectivity index (χ0v) is 16.1. The number of carbonyl (C=O) groups is 1. The van der Waals surface area contributed by atoms with Gasteiger partial charge in [0, 0.05) is 19.6 Å². The zero-order valence-electron chi connectivity index (χ0n) is 14.5. The van der Waals surface area contributed by atoms with E-state index in [0.29, 0.717) is 24.4 Å². The molecular weight excluding hydrogens is 374 g/mol. The van der Waals surface area contributed by atoms with Crippen LogP contribution in [-0.2, 0) is 21.1 Å². The van der Waals surface area contributed by atoms with Gasteiger partial charge in [-0.15, -0.1) is 12.4 Å². The van der Waals surface area contributed by atoms with Gasteiger partial charge in [0.1, 0.15) is 0 Å². The van der Waals surface area contributed by atoms with Crippen LogP contribution < -0.4 is 5.73 Å². The summed E-state index contributed by atoms with van der Waals surface area (Å²) in [6, 6.07) is 4.96. The summed E-state index contributed by atoms with van der Waals surface area (Å²) in [4.78, 5) is 13.2. The van der Waals surface area contributed by atoms with Crippen molar-refractivity contribution in [1.29, 1.82) is 0 Å². The minimum atomic E-state index is -4.61. The summed E-state index contributed by atoms with van der Waals surface area (Å²) in [7, 11) is -2.94. The Labute approximate surface area is 153 Å². The Balaban J connectivity index is 0.00000576. The highest BCUT2D eigenvalue weighted by molar-refractivity contribution is 7.91. The molecule has 0 aromatic heterocycles. The average molecular weight is 399 g/mol. The first-order chi connectivity index (χ1) is 11.1. The first-order valence-electron chi connectivity index (χ1n) is 7.66. The van der Waals surface area contributed by atoms with Crippen LogP contribution in [0.4, 0.5) is 8.78 Å². The van der Waals surface area contributed by atoms with E-state index in [4.69, 9.17) is 5.73 Å². The van der Waals surface area contributed by atoms with Gasteiger partial charge in [-0.3, -0.25) is 4.79 Å². The molecular formula is C16H25ClF2N2O3S. The molecule has 9 heteroatoms. The molecule has 144 valence electrons. The second kappa shape index (κ2) is 10.0. The van der Waals surface area contributed by atoms with Crippen LogP contribution >= 0.6 is 12.4 Å². The van der Waals surface area contributed by atoms with E-state index >= 15 is 0 Å². The Morgan fingerprint density at radius 1 is 1.20 bits per heavy atom. The third-order valence-electron chi connectivity index (χ3n) is 3.92. The van der Waals surface area contributed by atoms with Crippen LogP contribution in [0.5, 0.6) is 0 Å². The molecule has 0 aliphatic carbocycles. The van der Waals surface area contributed by atoms with E-state index in [2.05, 4.69) is 0 Å². The van der Waals surface area contributed by atoms with Crippen molar-refractivity contribution in [2.75, 3.05) is 13.6 Å². The lowest BCUT2D eigenvalue weighted by atomic mass is 10.0. The highest BCUT2D eigenvalue weighted by atomic mass is 35.5. The number of nitrogens with zero attached hydrogens (tertiary/aromatic N) is 1. The number of nitrogens with two attached hydrogens (primary N) is 1. The fourth-order valence-electron chi connectivity index (χ4n) is 2.01. The number of amides is 1. The Kier molecular flexibility index (Phi) is 9.53. The summed E-state index contributed by atoms with van der Waals surface area (Å²) in [5.41, 5.74) is 6.51. The van der Waals surface area contributed by atoms with Gasteiger partial charge in [0.15, 0.2) is 0 Å². The largest absolute Gasteiger partial charge is 0.345 e. The molecule has 5 nitrogen and oxygen atoms in total. The molecule has 0 fully saturated rings. The second-order valence-electron chi connectivity index (χ2n) is 6.14. The predicted molar refractivity (Wildman–Crippen MR) is 95.7 cm³/mol. The van der Waals surface area contributed by atoms with Crippen molar-refractivity contribution in [3.8, 4) is 0 Å². The molecule has 0 radical (unpaired) electrons. The lowest BCUT2D eigenvalue weighted by molar-refractivity contribution is -0.129. The van der Waals surface area contributed by atoms with Crippen molar-refractivity contribution >= 4 is 28.2 Å². The quantitative estimate of drug-likeness (QED) is 0.729. The van der Waals surface area contributed by atoms with Crippen LogP contribution in [-0.4, -0.2) is 44.6 Å². The van der Waals surface area contributed by atoms with Crippen LogP contribution in [0.3, 0.4) is 0 Å². The maximum atomic E-state index is 12.5. The highest BCUT2D eigenvalue weighted by Gasteiger charge is 2.26. The van der Waals surface area contributed by atoms with Crippen molar-refractivity contribution in [3.05, 3.63) is 29.8 Å². The van der Waals surface area contributed by atoms with Gasteiger partial charge >= 0.3 is 5.76 Å². The topological polar surface area (TPSA) is 80.5 Å². The van der Waals surface area contributed by atoms with Gasteiger partial charge in [-0.1, -0.05) is 26.0 Å². The first kappa shape index (κ1) is 23.8. The SMILES string of the molecule is CC(C)C(N)CCN(C)C(=O)Cc1ccc(S(=O)(=O)C(F)F)cc1.Cl. The van der Waals surface area contributed by atoms with Crippen LogP contribution in [0.2, 0.25) is 0 Å². The summed E-state index contributed by atoms with van der Waals surface area (Å²) >= 11 is 0. The van der Waals surface area contributed by atoms with E-state index in [1.807, 2.05) is 13.8 Å². The van der Waals surface area contributed by atoms with Gasteiger partial charge in [0.2, 0.25) is 15.7 Å². The van der Waals surface area contributed by atoms with E-state index < -0.39 is 20.5 Å². The fourth-order valence-corrected chi connectivity index (χ4v) is 2.73. The molecule has 0 aliphatic rings. The lowest BCUT2D eigenvalue weighted by Crippen LogP contribution is -2.35. The standard InChI is InChI=1S/C16H24F2N2O3S.ClH/c1-11(2)14(19)8-9-20(3)15(21)10-12-4-6-13(7-5-12)24(22,23)16(17)18;/h4-7,11,14,16H,8-10,19H2,1-3H3;1H. The molecule has 0 saturated carbocycles. The minimum absolute atomic E-state index is 0. The number of rotatable bonds is 8. The zero-order chi connectivity index (χ0) is 18.5. The molecule has 0 saturated heterocycles. The number of hydrogen-bond donors (Lipinski definition) is 1. The van der Waals surface area contributed by atoms with Crippen LogP contribution in [0.25, 0.3) is 0 Å². The second-order valence-corrected chi connectivity index (χ2v) is 8.06. The third-order valence-corrected chi connectivity index (χ3v) is 5.32. The maximum Gasteiger partial charge on any atom is 0.341 e. The number of likely N-dealkylation sites (N-methyl/N-ethyl adjacent to an activating group) is 1. The average Bonchev–Trinajstić information content (AvgIpc) is 2.52. The molecule has 1 aromatic rings. The number of benzene rings is 1. The van der Waals surface area contributed by atoms with Gasteiger partial charge in [0.05, 0.1) is 11.3 Å². The molecule has 1 rings (SSSR count). The van der Waals surface area contributed by atoms with Crippen molar-refractivity contribution in [1.82, 2.24) is 4.90 Å². The van der Waals surface area contributed by atoms with E-state index in [0.717, 1.165) is 12.1 Å². The summed E-state index contributed by atoms with van der Waals surface area (Å²) in [5, 5.41) is 0. The minimum Gasteiger partial charge on any atom is -0.345 e. The number of carbonyl (C=O) groups excluding carboxylic acids is 1. The number of halogens is 3. The van der Waals surface area contributed by atoms with Gasteiger partial charge in [-0.2, -0.15) is 8.78 Å². The summed E-state index contributed by atoms with van der Waals surface area (Å²) in [5.74, 6) is -3.27. The van der Waals surface area contributed by atoms with E-state index in [1.54, 1.807) is 11.9 Å². The molecule has 0 spiro atoms. The van der Waals surface area contributed by atoms with Crippen LogP contribution in [0, 0.1) is 5.92 Å². The molecule has 0 aliphatic heterocycles. The first-order valence-corrected chi connectivity index (χ1v) is 9.21. The van der Waals surface area contributed by atoms with Gasteiger partial charge in [-0.25, -0.2) is 8.42 Å². The molecule has 0 bridgehead atoms. The monoisotopic (exact) mass is 398 g/mol. The number of hydrogen-bond acceptors (Lipinski definition) is 4. The summed E-state index contributed by atoms with van der Waals surface area (Å²) in [6.07, 6.45) is 0.758. The Bertz CT molecular complexity index is 652. The molecule has 2 N–H and O–H groups in total. The Hall–Kier alpha value is -1.25. The van der Waals surface area contributed by atoms with Crippen LogP contribution in [0.1, 0.15) is 25.8 Å². The molecule has 1 amide bonds. The molecule has 1 unspecified atom stereocenters. The van der Waals surface area contributed by atoms with E-state index in [1.165, 1.54) is 12.1 Å². The number of alkyl halides is 2. The van der Waals surface area contributed by atoms with Gasteiger partial charge in [0.25, 0.3) is 0 Å². The normalized spacial score (nSPS) is 12.8. The van der Waals surface area contributed by atoms with Gasteiger partial charge < -0.3 is 10.6 Å². The van der Waals surface area contributed by atoms with E-state index in [9.17, 15) is 22.0 Å². The Morgan fingerprint density at radius 3 is 2.16 bits per heavy atom. The maximum absolute atomic E-state index is 12.5. The fraction of sp³-hybridized carbons (Fsp3) is 0.562.